The number of nitrogens with one attached hydrogen (secondary N) is 2. The van der Waals surface area contributed by atoms with E-state index < -0.39 is 0 Å². The summed E-state index contributed by atoms with van der Waals surface area (Å²) < 4.78 is 10.6. The van der Waals surface area contributed by atoms with E-state index in [0.717, 1.165) is 43.4 Å². The molecule has 6 heteroatoms. The Kier molecular flexibility index (Phi) is 10.6. The lowest BCUT2D eigenvalue weighted by atomic mass is 10.1. The smallest absolute Gasteiger partial charge is 0.191 e. The van der Waals surface area contributed by atoms with Gasteiger partial charge in [-0.2, -0.15) is 0 Å². The number of benzene rings is 2. The van der Waals surface area contributed by atoms with Crippen LogP contribution >= 0.6 is 24.0 Å². The number of halogens is 1. The molecule has 2 aromatic rings. The maximum atomic E-state index is 5.35. The summed E-state index contributed by atoms with van der Waals surface area (Å²) in [5.41, 5.74) is 3.79. The van der Waals surface area contributed by atoms with E-state index in [4.69, 9.17) is 9.47 Å². The van der Waals surface area contributed by atoms with Crippen molar-refractivity contribution in [3.63, 3.8) is 0 Å². The molecule has 0 bridgehead atoms. The van der Waals surface area contributed by atoms with Crippen LogP contribution in [0.1, 0.15) is 23.1 Å². The van der Waals surface area contributed by atoms with Crippen molar-refractivity contribution >= 4 is 29.9 Å². The first-order chi connectivity index (χ1) is 12.7. The SMILES string of the molecule is CN=C(NCCCc1ccc(OC)c(OC)c1)NCc1ccccc1C.I. The predicted molar refractivity (Wildman–Crippen MR) is 123 cm³/mol. The van der Waals surface area contributed by atoms with Gasteiger partial charge in [-0.15, -0.1) is 24.0 Å². The molecule has 2 aromatic carbocycles. The fraction of sp³-hybridized carbons (Fsp3) is 0.381. The second-order valence-corrected chi connectivity index (χ2v) is 6.07. The number of aryl methyl sites for hydroxylation is 2. The Morgan fingerprint density at radius 1 is 1.00 bits per heavy atom. The second kappa shape index (κ2) is 12.4. The van der Waals surface area contributed by atoms with Crippen LogP contribution in [0.25, 0.3) is 0 Å². The van der Waals surface area contributed by atoms with Crippen molar-refractivity contribution in [3.8, 4) is 11.5 Å². The van der Waals surface area contributed by atoms with E-state index in [2.05, 4.69) is 52.9 Å². The molecule has 5 nitrogen and oxygen atoms in total. The van der Waals surface area contributed by atoms with Crippen molar-refractivity contribution < 1.29 is 9.47 Å². The molecule has 0 saturated heterocycles. The molecule has 0 fully saturated rings. The molecule has 0 unspecified atom stereocenters. The van der Waals surface area contributed by atoms with Gasteiger partial charge in [0.2, 0.25) is 0 Å². The lowest BCUT2D eigenvalue weighted by Crippen LogP contribution is -2.37. The van der Waals surface area contributed by atoms with Crippen LogP contribution in [0.5, 0.6) is 11.5 Å². The molecule has 2 N–H and O–H groups in total. The third-order valence-electron chi connectivity index (χ3n) is 4.31. The van der Waals surface area contributed by atoms with E-state index in [0.29, 0.717) is 0 Å². The summed E-state index contributed by atoms with van der Waals surface area (Å²) >= 11 is 0. The maximum absolute atomic E-state index is 5.35. The van der Waals surface area contributed by atoms with E-state index in [1.54, 1.807) is 21.3 Å². The molecule has 0 saturated carbocycles. The van der Waals surface area contributed by atoms with Crippen molar-refractivity contribution in [3.05, 3.63) is 59.2 Å². The zero-order chi connectivity index (χ0) is 18.8. The molecule has 27 heavy (non-hydrogen) atoms. The maximum Gasteiger partial charge on any atom is 0.191 e. The van der Waals surface area contributed by atoms with E-state index in [1.165, 1.54) is 16.7 Å². The Bertz CT molecular complexity index is 735. The van der Waals surface area contributed by atoms with Crippen LogP contribution in [0.4, 0.5) is 0 Å². The fourth-order valence-corrected chi connectivity index (χ4v) is 2.74. The molecular weight excluding hydrogens is 453 g/mol. The van der Waals surface area contributed by atoms with Crippen LogP contribution in [0, 0.1) is 6.92 Å². The van der Waals surface area contributed by atoms with Crippen LogP contribution in [-0.2, 0) is 13.0 Å². The van der Waals surface area contributed by atoms with Crippen molar-refractivity contribution in [2.75, 3.05) is 27.8 Å². The van der Waals surface area contributed by atoms with Crippen LogP contribution in [0.3, 0.4) is 0 Å². The molecule has 148 valence electrons. The monoisotopic (exact) mass is 483 g/mol. The molecule has 0 amide bonds. The first-order valence-electron chi connectivity index (χ1n) is 8.88. The van der Waals surface area contributed by atoms with Crippen molar-refractivity contribution in [1.29, 1.82) is 0 Å². The summed E-state index contributed by atoms with van der Waals surface area (Å²) in [5.74, 6) is 2.35. The molecule has 2 rings (SSSR count). The Labute approximate surface area is 179 Å². The van der Waals surface area contributed by atoms with Crippen molar-refractivity contribution in [2.45, 2.75) is 26.3 Å². The number of methoxy groups -OCH3 is 2. The molecule has 0 aromatic heterocycles. The summed E-state index contributed by atoms with van der Waals surface area (Å²) in [5, 5.41) is 6.72. The lowest BCUT2D eigenvalue weighted by Gasteiger charge is -2.13. The van der Waals surface area contributed by atoms with Gasteiger partial charge in [0.1, 0.15) is 0 Å². The van der Waals surface area contributed by atoms with E-state index >= 15 is 0 Å². The van der Waals surface area contributed by atoms with Crippen LogP contribution in [0.15, 0.2) is 47.5 Å². The first-order valence-corrected chi connectivity index (χ1v) is 8.88. The molecule has 0 radical (unpaired) electrons. The van der Waals surface area contributed by atoms with Gasteiger partial charge >= 0.3 is 0 Å². The molecule has 0 heterocycles. The van der Waals surface area contributed by atoms with Crippen molar-refractivity contribution in [2.24, 2.45) is 4.99 Å². The summed E-state index contributed by atoms with van der Waals surface area (Å²) in [7, 11) is 5.10. The third-order valence-corrected chi connectivity index (χ3v) is 4.31. The molecular formula is C21H30IN3O2. The van der Waals surface area contributed by atoms with Gasteiger partial charge in [-0.1, -0.05) is 30.3 Å². The fourth-order valence-electron chi connectivity index (χ4n) is 2.74. The number of hydrogen-bond acceptors (Lipinski definition) is 3. The molecule has 0 aliphatic heterocycles. The van der Waals surface area contributed by atoms with E-state index in [-0.39, 0.29) is 24.0 Å². The average molecular weight is 483 g/mol. The molecule has 0 aliphatic carbocycles. The summed E-state index contributed by atoms with van der Waals surface area (Å²) in [6.07, 6.45) is 1.96. The number of rotatable bonds is 8. The Balaban J connectivity index is 0.00000364. The minimum Gasteiger partial charge on any atom is -0.493 e. The number of hydrogen-bond donors (Lipinski definition) is 2. The Morgan fingerprint density at radius 2 is 1.74 bits per heavy atom. The third kappa shape index (κ3) is 7.28. The Morgan fingerprint density at radius 3 is 2.41 bits per heavy atom. The molecule has 0 atom stereocenters. The van der Waals surface area contributed by atoms with Gasteiger partial charge in [-0.05, 0) is 48.6 Å². The van der Waals surface area contributed by atoms with Gasteiger partial charge in [0.15, 0.2) is 17.5 Å². The van der Waals surface area contributed by atoms with E-state index in [1.807, 2.05) is 12.1 Å². The molecule has 0 aliphatic rings. The largest absolute Gasteiger partial charge is 0.493 e. The highest BCUT2D eigenvalue weighted by atomic mass is 127. The summed E-state index contributed by atoms with van der Waals surface area (Å²) in [6.45, 7) is 3.74. The number of guanidine groups is 1. The summed E-state index contributed by atoms with van der Waals surface area (Å²) in [4.78, 5) is 4.29. The van der Waals surface area contributed by atoms with Gasteiger partial charge in [0.25, 0.3) is 0 Å². The van der Waals surface area contributed by atoms with Crippen LogP contribution in [-0.4, -0.2) is 33.8 Å². The number of ether oxygens (including phenoxy) is 2. The normalized spacial score (nSPS) is 10.7. The van der Waals surface area contributed by atoms with Gasteiger partial charge in [0.05, 0.1) is 14.2 Å². The highest BCUT2D eigenvalue weighted by Crippen LogP contribution is 2.27. The Hall–Kier alpha value is -1.96. The number of aliphatic imine (C=N–C) groups is 1. The molecule has 0 spiro atoms. The van der Waals surface area contributed by atoms with Crippen LogP contribution in [0.2, 0.25) is 0 Å². The highest BCUT2D eigenvalue weighted by Gasteiger charge is 2.05. The van der Waals surface area contributed by atoms with Gasteiger partial charge in [0, 0.05) is 20.1 Å². The minimum atomic E-state index is 0. The van der Waals surface area contributed by atoms with Gasteiger partial charge < -0.3 is 20.1 Å². The predicted octanol–water partition coefficient (Wildman–Crippen LogP) is 3.93. The lowest BCUT2D eigenvalue weighted by molar-refractivity contribution is 0.354. The number of nitrogens with zero attached hydrogens (tertiary/aromatic N) is 1. The van der Waals surface area contributed by atoms with Crippen molar-refractivity contribution in [1.82, 2.24) is 10.6 Å². The zero-order valence-corrected chi connectivity index (χ0v) is 18.9. The second-order valence-electron chi connectivity index (χ2n) is 6.07. The van der Waals surface area contributed by atoms with Crippen LogP contribution < -0.4 is 20.1 Å². The zero-order valence-electron chi connectivity index (χ0n) is 16.5. The first kappa shape index (κ1) is 23.1. The van der Waals surface area contributed by atoms with Gasteiger partial charge in [-0.25, -0.2) is 0 Å². The highest BCUT2D eigenvalue weighted by molar-refractivity contribution is 14.0. The average Bonchev–Trinajstić information content (AvgIpc) is 2.68. The standard InChI is InChI=1S/C21H29N3O2.HI/c1-16-8-5-6-10-18(16)15-24-21(22-2)23-13-7-9-17-11-12-19(25-3)20(14-17)26-4;/h5-6,8,10-12,14H,7,9,13,15H2,1-4H3,(H2,22,23,24);1H. The minimum absolute atomic E-state index is 0. The van der Waals surface area contributed by atoms with Gasteiger partial charge in [-0.3, -0.25) is 4.99 Å². The van der Waals surface area contributed by atoms with E-state index in [9.17, 15) is 0 Å². The summed E-state index contributed by atoms with van der Waals surface area (Å²) in [6, 6.07) is 14.4. The topological polar surface area (TPSA) is 54.9 Å². The quantitative estimate of drug-likeness (QED) is 0.259.